The van der Waals surface area contributed by atoms with Gasteiger partial charge in [-0.1, -0.05) is 0 Å². The second kappa shape index (κ2) is 11.6. The summed E-state index contributed by atoms with van der Waals surface area (Å²) in [6.07, 6.45) is 1.75. The van der Waals surface area contributed by atoms with Crippen molar-refractivity contribution in [2.45, 2.75) is 68.9 Å². The number of H-pyrrole nitrogens is 1. The molecule has 4 N–H and O–H groups in total. The number of carbonyl (C=O) groups excluding carboxylic acids is 1. The second-order valence-electron chi connectivity index (χ2n) is 11.2. The minimum Gasteiger partial charge on any atom is -0.383 e. The van der Waals surface area contributed by atoms with Crippen LogP contribution < -0.4 is 16.6 Å². The average Bonchev–Trinajstić information content (AvgIpc) is 2.87. The highest BCUT2D eigenvalue weighted by atomic mass is 32.2. The molecule has 0 unspecified atom stereocenters. The molecule has 14 heteroatoms. The van der Waals surface area contributed by atoms with E-state index in [4.69, 9.17) is 5.73 Å². The van der Waals surface area contributed by atoms with E-state index < -0.39 is 38.5 Å². The number of benzene rings is 1. The Hall–Kier alpha value is -3.83. The molecule has 222 valence electrons. The van der Waals surface area contributed by atoms with Gasteiger partial charge in [0, 0.05) is 38.8 Å². The van der Waals surface area contributed by atoms with Crippen LogP contribution in [0.2, 0.25) is 0 Å². The lowest BCUT2D eigenvalue weighted by molar-refractivity contribution is -0.156. The zero-order valence-electron chi connectivity index (χ0n) is 23.7. The van der Waals surface area contributed by atoms with Crippen molar-refractivity contribution in [2.24, 2.45) is 10.7 Å². The highest BCUT2D eigenvalue weighted by Crippen LogP contribution is 2.32. The van der Waals surface area contributed by atoms with Crippen LogP contribution in [0.25, 0.3) is 0 Å². The summed E-state index contributed by atoms with van der Waals surface area (Å²) < 4.78 is 54.2. The quantitative estimate of drug-likeness (QED) is 0.313. The van der Waals surface area contributed by atoms with Crippen LogP contribution in [0.15, 0.2) is 51.2 Å². The summed E-state index contributed by atoms with van der Waals surface area (Å²) in [5.74, 6) is -4.94. The van der Waals surface area contributed by atoms with Gasteiger partial charge in [-0.15, -0.1) is 0 Å². The van der Waals surface area contributed by atoms with Gasteiger partial charge in [0.15, 0.2) is 0 Å². The molecule has 0 saturated carbocycles. The van der Waals surface area contributed by atoms with Gasteiger partial charge in [0.2, 0.25) is 10.0 Å². The van der Waals surface area contributed by atoms with Crippen LogP contribution in [0.5, 0.6) is 0 Å². The number of hydrogen-bond donors (Lipinski definition) is 3. The van der Waals surface area contributed by atoms with Crippen LogP contribution in [0.4, 0.5) is 20.2 Å². The molecule has 2 aromatic rings. The number of amides is 1. The van der Waals surface area contributed by atoms with Gasteiger partial charge < -0.3 is 20.9 Å². The molecule has 0 radical (unpaired) electrons. The number of likely N-dealkylation sites (tertiary alicyclic amines) is 1. The molecule has 2 heterocycles. The Bertz CT molecular complexity index is 1510. The number of rotatable bonds is 8. The molecule has 1 saturated heterocycles. The van der Waals surface area contributed by atoms with Crippen molar-refractivity contribution in [1.82, 2.24) is 14.2 Å². The molecule has 1 aliphatic heterocycles. The predicted octanol–water partition coefficient (Wildman–Crippen LogP) is 3.17. The monoisotopic (exact) mass is 591 g/mol. The number of sulfonamides is 1. The topological polar surface area (TPSA) is 165 Å². The van der Waals surface area contributed by atoms with Crippen molar-refractivity contribution < 1.29 is 22.0 Å². The molecule has 0 atom stereocenters. The van der Waals surface area contributed by atoms with E-state index in [0.717, 1.165) is 4.90 Å². The first kappa shape index (κ1) is 31.7. The lowest BCUT2D eigenvalue weighted by Crippen LogP contribution is -2.53. The summed E-state index contributed by atoms with van der Waals surface area (Å²) in [5, 5.41) is 12.7. The fraction of sp³-hybridized carbons (Fsp3) is 0.481. The molecule has 1 fully saturated rings. The third-order valence-electron chi connectivity index (χ3n) is 7.11. The number of nitrogens with two attached hydrogens (primary N) is 1. The fourth-order valence-corrected chi connectivity index (χ4v) is 5.96. The van der Waals surface area contributed by atoms with Crippen molar-refractivity contribution in [2.75, 3.05) is 25.5 Å². The van der Waals surface area contributed by atoms with E-state index in [2.05, 4.69) is 21.4 Å². The Morgan fingerprint density at radius 2 is 1.78 bits per heavy atom. The SMILES string of the molecule is CN(C(C)(C)C)S(=O)(=O)c1ccc(N=C(N)c2c(NC3(CC#N)CCN(C(=O)C(C)(F)F)CC3)cc[nH]c2=O)cc1. The molecule has 0 aliphatic carbocycles. The number of hydrogen-bond acceptors (Lipinski definition) is 7. The largest absolute Gasteiger partial charge is 0.383 e. The van der Waals surface area contributed by atoms with Crippen LogP contribution in [0, 0.1) is 11.3 Å². The van der Waals surface area contributed by atoms with Gasteiger partial charge >= 0.3 is 5.92 Å². The Labute approximate surface area is 238 Å². The highest BCUT2D eigenvalue weighted by Gasteiger charge is 2.42. The van der Waals surface area contributed by atoms with Crippen molar-refractivity contribution >= 4 is 33.1 Å². The van der Waals surface area contributed by atoms with Crippen molar-refractivity contribution in [3.8, 4) is 6.07 Å². The lowest BCUT2D eigenvalue weighted by Gasteiger charge is -2.42. The Balaban J connectivity index is 1.90. The zero-order valence-corrected chi connectivity index (χ0v) is 24.5. The van der Waals surface area contributed by atoms with Gasteiger partial charge in [-0.2, -0.15) is 18.3 Å². The lowest BCUT2D eigenvalue weighted by atomic mass is 9.84. The van der Waals surface area contributed by atoms with Crippen molar-refractivity contribution in [3.63, 3.8) is 0 Å². The standard InChI is InChI=1S/C27H35F2N7O4S/c1-25(2,3)35(5)41(39,40)19-8-6-18(7-9-19)33-22(31)21-20(10-15-32-23(21)37)34-27(11-14-30)12-16-36(17-13-27)24(38)26(4,28)29/h6-10,15H,11-13,16-17H2,1-5H3,(H2,31,33)(H2,32,34,37). The van der Waals surface area contributed by atoms with Gasteiger partial charge in [0.05, 0.1) is 34.3 Å². The minimum absolute atomic E-state index is 0.00129. The van der Waals surface area contributed by atoms with Crippen LogP contribution >= 0.6 is 0 Å². The molecule has 3 rings (SSSR count). The highest BCUT2D eigenvalue weighted by molar-refractivity contribution is 7.89. The molecule has 41 heavy (non-hydrogen) atoms. The van der Waals surface area contributed by atoms with Gasteiger partial charge in [0.1, 0.15) is 11.4 Å². The number of piperidine rings is 1. The molecule has 1 aliphatic rings. The maximum Gasteiger partial charge on any atom is 0.322 e. The number of amidine groups is 1. The number of nitrogens with zero attached hydrogens (tertiary/aromatic N) is 4. The first-order valence-electron chi connectivity index (χ1n) is 12.9. The van der Waals surface area contributed by atoms with E-state index in [1.165, 1.54) is 41.8 Å². The van der Waals surface area contributed by atoms with Gasteiger partial charge in [-0.25, -0.2) is 13.4 Å². The van der Waals surface area contributed by atoms with Crippen LogP contribution in [-0.2, 0) is 14.8 Å². The minimum atomic E-state index is -3.76. The van der Waals surface area contributed by atoms with Gasteiger partial charge in [-0.05, 0) is 63.9 Å². The number of nitriles is 1. The molecule has 11 nitrogen and oxygen atoms in total. The number of pyridine rings is 1. The van der Waals surface area contributed by atoms with Crippen LogP contribution in [-0.4, -0.2) is 71.5 Å². The maximum absolute atomic E-state index is 13.6. The molecule has 0 bridgehead atoms. The number of carbonyl (C=O) groups is 1. The third-order valence-corrected chi connectivity index (χ3v) is 9.24. The fourth-order valence-electron chi connectivity index (χ4n) is 4.44. The molecule has 1 aromatic heterocycles. The number of aromatic amines is 1. The average molecular weight is 592 g/mol. The summed E-state index contributed by atoms with van der Waals surface area (Å²) in [5.41, 5.74) is 4.72. The first-order valence-corrected chi connectivity index (χ1v) is 14.3. The van der Waals surface area contributed by atoms with Crippen molar-refractivity contribution in [3.05, 3.63) is 52.4 Å². The Kier molecular flexibility index (Phi) is 8.95. The zero-order chi connectivity index (χ0) is 30.8. The number of anilines is 1. The van der Waals surface area contributed by atoms with E-state index in [-0.39, 0.29) is 54.3 Å². The summed E-state index contributed by atoms with van der Waals surface area (Å²) in [6, 6.07) is 9.37. The third kappa shape index (κ3) is 7.09. The predicted molar refractivity (Wildman–Crippen MR) is 152 cm³/mol. The summed E-state index contributed by atoms with van der Waals surface area (Å²) in [7, 11) is -2.26. The number of nitrogens with one attached hydrogen (secondary N) is 2. The van der Waals surface area contributed by atoms with Crippen LogP contribution in [0.1, 0.15) is 52.5 Å². The van der Waals surface area contributed by atoms with Crippen LogP contribution in [0.3, 0.4) is 0 Å². The van der Waals surface area contributed by atoms with E-state index in [0.29, 0.717) is 12.6 Å². The van der Waals surface area contributed by atoms with Crippen molar-refractivity contribution in [1.29, 1.82) is 5.26 Å². The van der Waals surface area contributed by atoms with E-state index in [9.17, 15) is 32.0 Å². The Morgan fingerprint density at radius 3 is 2.29 bits per heavy atom. The number of aliphatic imine (C=N–C) groups is 1. The first-order chi connectivity index (χ1) is 18.9. The van der Waals surface area contributed by atoms with E-state index >= 15 is 0 Å². The molecule has 0 spiro atoms. The van der Waals surface area contributed by atoms with E-state index in [1.54, 1.807) is 26.8 Å². The normalized spacial score (nSPS) is 16.4. The number of aromatic nitrogens is 1. The molecular weight excluding hydrogens is 556 g/mol. The summed E-state index contributed by atoms with van der Waals surface area (Å²) >= 11 is 0. The summed E-state index contributed by atoms with van der Waals surface area (Å²) in [6.45, 7) is 5.88. The molecular formula is C27H35F2N7O4S. The van der Waals surface area contributed by atoms with E-state index in [1.807, 2.05) is 0 Å². The van der Waals surface area contributed by atoms with Gasteiger partial charge in [0.25, 0.3) is 11.5 Å². The number of alkyl halides is 2. The molecule has 1 aromatic carbocycles. The smallest absolute Gasteiger partial charge is 0.322 e. The summed E-state index contributed by atoms with van der Waals surface area (Å²) in [4.78, 5) is 32.9. The number of halogens is 2. The molecule has 1 amide bonds. The second-order valence-corrected chi connectivity index (χ2v) is 13.1. The van der Waals surface area contributed by atoms with Gasteiger partial charge in [-0.3, -0.25) is 9.59 Å². The Morgan fingerprint density at radius 1 is 1.20 bits per heavy atom. The maximum atomic E-state index is 13.6.